The standard InChI is InChI=1S/C8H14ClN/c1-7-5-8(7)6-10-4-2-3-9/h2-3,7-8,10H,4-6H2,1H3/b3-2+. The van der Waals surface area contributed by atoms with Crippen LogP contribution in [0.1, 0.15) is 13.3 Å². The number of hydrogen-bond acceptors (Lipinski definition) is 1. The monoisotopic (exact) mass is 159 g/mol. The van der Waals surface area contributed by atoms with Crippen LogP contribution in [0.5, 0.6) is 0 Å². The molecular weight excluding hydrogens is 146 g/mol. The molecule has 0 amide bonds. The highest BCUT2D eigenvalue weighted by Crippen LogP contribution is 2.36. The predicted molar refractivity (Wildman–Crippen MR) is 45.1 cm³/mol. The fraction of sp³-hybridized carbons (Fsp3) is 0.750. The van der Waals surface area contributed by atoms with Crippen LogP contribution in [0.25, 0.3) is 0 Å². The lowest BCUT2D eigenvalue weighted by molar-refractivity contribution is 0.647. The van der Waals surface area contributed by atoms with Crippen LogP contribution < -0.4 is 5.32 Å². The summed E-state index contributed by atoms with van der Waals surface area (Å²) >= 11 is 5.34. The maximum atomic E-state index is 5.34. The minimum Gasteiger partial charge on any atom is -0.313 e. The van der Waals surface area contributed by atoms with Crippen molar-refractivity contribution in [2.75, 3.05) is 13.1 Å². The van der Waals surface area contributed by atoms with Gasteiger partial charge in [0.25, 0.3) is 0 Å². The summed E-state index contributed by atoms with van der Waals surface area (Å²) in [7, 11) is 0. The van der Waals surface area contributed by atoms with Crippen molar-refractivity contribution in [3.63, 3.8) is 0 Å². The SMILES string of the molecule is CC1CC1CNC/C=C/Cl. The molecule has 0 spiro atoms. The van der Waals surface area contributed by atoms with Crippen molar-refractivity contribution in [2.24, 2.45) is 11.8 Å². The van der Waals surface area contributed by atoms with Crippen LogP contribution in [0.2, 0.25) is 0 Å². The average Bonchev–Trinajstić information content (AvgIpc) is 2.60. The van der Waals surface area contributed by atoms with Crippen molar-refractivity contribution in [1.82, 2.24) is 5.32 Å². The molecule has 1 aliphatic rings. The molecule has 58 valence electrons. The van der Waals surface area contributed by atoms with Gasteiger partial charge in [-0.15, -0.1) is 0 Å². The average molecular weight is 160 g/mol. The molecule has 1 N–H and O–H groups in total. The number of halogens is 1. The first-order valence-corrected chi connectivity index (χ1v) is 4.24. The molecule has 10 heavy (non-hydrogen) atoms. The van der Waals surface area contributed by atoms with Crippen molar-refractivity contribution in [3.05, 3.63) is 11.6 Å². The Morgan fingerprint density at radius 1 is 1.70 bits per heavy atom. The summed E-state index contributed by atoms with van der Waals surface area (Å²) in [5, 5.41) is 3.31. The van der Waals surface area contributed by atoms with Crippen LogP contribution in [-0.2, 0) is 0 Å². The van der Waals surface area contributed by atoms with E-state index >= 15 is 0 Å². The molecule has 0 radical (unpaired) electrons. The third-order valence-corrected chi connectivity index (χ3v) is 2.21. The van der Waals surface area contributed by atoms with Gasteiger partial charge in [0.2, 0.25) is 0 Å². The second-order valence-corrected chi connectivity index (χ2v) is 3.24. The van der Waals surface area contributed by atoms with Crippen LogP contribution >= 0.6 is 11.6 Å². The lowest BCUT2D eigenvalue weighted by Crippen LogP contribution is -2.16. The molecule has 0 aromatic heterocycles. The molecule has 1 nitrogen and oxygen atoms in total. The third-order valence-electron chi connectivity index (χ3n) is 2.03. The Labute approximate surface area is 67.5 Å². The van der Waals surface area contributed by atoms with Gasteiger partial charge >= 0.3 is 0 Å². The van der Waals surface area contributed by atoms with Gasteiger partial charge in [0.05, 0.1) is 0 Å². The highest BCUT2D eigenvalue weighted by Gasteiger charge is 2.31. The summed E-state index contributed by atoms with van der Waals surface area (Å²) < 4.78 is 0. The summed E-state index contributed by atoms with van der Waals surface area (Å²) in [5.74, 6) is 1.89. The third kappa shape index (κ3) is 2.72. The van der Waals surface area contributed by atoms with E-state index in [-0.39, 0.29) is 0 Å². The smallest absolute Gasteiger partial charge is 0.0146 e. The Bertz CT molecular complexity index is 122. The minimum atomic E-state index is 0.909. The van der Waals surface area contributed by atoms with Crippen LogP contribution in [0.3, 0.4) is 0 Å². The van der Waals surface area contributed by atoms with Crippen LogP contribution in [-0.4, -0.2) is 13.1 Å². The van der Waals surface area contributed by atoms with Gasteiger partial charge < -0.3 is 5.32 Å². The summed E-state index contributed by atoms with van der Waals surface area (Å²) in [6, 6.07) is 0. The molecule has 0 aliphatic heterocycles. The molecule has 2 atom stereocenters. The van der Waals surface area contributed by atoms with E-state index in [9.17, 15) is 0 Å². The van der Waals surface area contributed by atoms with E-state index in [4.69, 9.17) is 11.6 Å². The first-order valence-electron chi connectivity index (χ1n) is 3.80. The molecule has 0 heterocycles. The zero-order chi connectivity index (χ0) is 7.40. The van der Waals surface area contributed by atoms with Gasteiger partial charge in [-0.05, 0) is 24.8 Å². The summed E-state index contributed by atoms with van der Waals surface area (Å²) in [6.45, 7) is 4.36. The molecule has 0 bridgehead atoms. The van der Waals surface area contributed by atoms with Crippen LogP contribution in [0, 0.1) is 11.8 Å². The Kier molecular flexibility index (Phi) is 3.23. The fourth-order valence-electron chi connectivity index (χ4n) is 1.08. The largest absolute Gasteiger partial charge is 0.313 e. The molecule has 1 fully saturated rings. The van der Waals surface area contributed by atoms with Crippen LogP contribution in [0.4, 0.5) is 0 Å². The molecule has 1 aliphatic carbocycles. The van der Waals surface area contributed by atoms with Gasteiger partial charge in [-0.3, -0.25) is 0 Å². The first kappa shape index (κ1) is 8.09. The molecule has 2 unspecified atom stereocenters. The van der Waals surface area contributed by atoms with E-state index in [1.165, 1.54) is 6.42 Å². The Morgan fingerprint density at radius 2 is 2.40 bits per heavy atom. The number of rotatable bonds is 4. The summed E-state index contributed by atoms with van der Waals surface area (Å²) in [4.78, 5) is 0. The van der Waals surface area contributed by atoms with Gasteiger partial charge in [-0.2, -0.15) is 0 Å². The maximum absolute atomic E-state index is 5.34. The first-order chi connectivity index (χ1) is 4.84. The molecule has 0 aromatic carbocycles. The Balaban J connectivity index is 1.87. The molecule has 1 saturated carbocycles. The zero-order valence-corrected chi connectivity index (χ0v) is 7.06. The lowest BCUT2D eigenvalue weighted by Gasteiger charge is -1.97. The van der Waals surface area contributed by atoms with Gasteiger partial charge in [-0.1, -0.05) is 24.6 Å². The molecule has 2 heteroatoms. The topological polar surface area (TPSA) is 12.0 Å². The van der Waals surface area contributed by atoms with E-state index in [1.807, 2.05) is 6.08 Å². The summed E-state index contributed by atoms with van der Waals surface area (Å²) in [5.41, 5.74) is 1.56. The van der Waals surface area contributed by atoms with E-state index in [2.05, 4.69) is 12.2 Å². The van der Waals surface area contributed by atoms with E-state index < -0.39 is 0 Å². The Hall–Kier alpha value is -0.0100. The number of nitrogens with one attached hydrogen (secondary N) is 1. The lowest BCUT2D eigenvalue weighted by atomic mass is 10.3. The van der Waals surface area contributed by atoms with E-state index in [1.54, 1.807) is 5.54 Å². The van der Waals surface area contributed by atoms with Crippen molar-refractivity contribution >= 4 is 11.6 Å². The fourth-order valence-corrected chi connectivity index (χ4v) is 1.17. The predicted octanol–water partition coefficient (Wildman–Crippen LogP) is 1.98. The quantitative estimate of drug-likeness (QED) is 0.619. The highest BCUT2D eigenvalue weighted by atomic mass is 35.5. The van der Waals surface area contributed by atoms with Gasteiger partial charge in [0, 0.05) is 12.1 Å². The maximum Gasteiger partial charge on any atom is 0.0146 e. The van der Waals surface area contributed by atoms with Gasteiger partial charge in [0.15, 0.2) is 0 Å². The zero-order valence-electron chi connectivity index (χ0n) is 6.31. The van der Waals surface area contributed by atoms with Crippen molar-refractivity contribution in [3.8, 4) is 0 Å². The number of hydrogen-bond donors (Lipinski definition) is 1. The normalized spacial score (nSPS) is 31.4. The second kappa shape index (κ2) is 3.99. The van der Waals surface area contributed by atoms with Crippen molar-refractivity contribution in [1.29, 1.82) is 0 Å². The highest BCUT2D eigenvalue weighted by molar-refractivity contribution is 6.25. The van der Waals surface area contributed by atoms with Gasteiger partial charge in [0.1, 0.15) is 0 Å². The van der Waals surface area contributed by atoms with E-state index in [0.29, 0.717) is 0 Å². The minimum absolute atomic E-state index is 0.909. The van der Waals surface area contributed by atoms with Crippen molar-refractivity contribution in [2.45, 2.75) is 13.3 Å². The molecule has 1 rings (SSSR count). The molecule has 0 aromatic rings. The second-order valence-electron chi connectivity index (χ2n) is 2.99. The van der Waals surface area contributed by atoms with Crippen molar-refractivity contribution < 1.29 is 0 Å². The summed E-state index contributed by atoms with van der Waals surface area (Å²) in [6.07, 6.45) is 3.33. The van der Waals surface area contributed by atoms with Gasteiger partial charge in [-0.25, -0.2) is 0 Å². The Morgan fingerprint density at radius 3 is 2.90 bits per heavy atom. The molecule has 0 saturated heterocycles. The van der Waals surface area contributed by atoms with Crippen LogP contribution in [0.15, 0.2) is 11.6 Å². The van der Waals surface area contributed by atoms with E-state index in [0.717, 1.165) is 24.9 Å². The molecular formula is C8H14ClN.